The lowest BCUT2D eigenvalue weighted by atomic mass is 10.2. The molecule has 0 unspecified atom stereocenters. The summed E-state index contributed by atoms with van der Waals surface area (Å²) in [5.41, 5.74) is 7.86. The maximum atomic E-state index is 6.49. The Balaban J connectivity index is 1.74. The van der Waals surface area contributed by atoms with E-state index in [0.717, 1.165) is 31.4 Å². The van der Waals surface area contributed by atoms with Crippen LogP contribution in [-0.4, -0.2) is 51.7 Å². The van der Waals surface area contributed by atoms with Crippen molar-refractivity contribution in [2.45, 2.75) is 25.8 Å². The van der Waals surface area contributed by atoms with E-state index in [-0.39, 0.29) is 0 Å². The number of nitrogens with two attached hydrogens (primary N) is 1. The van der Waals surface area contributed by atoms with Gasteiger partial charge in [-0.3, -0.25) is 0 Å². The molecule has 0 saturated heterocycles. The lowest BCUT2D eigenvalue weighted by molar-refractivity contribution is 0.296. The molecular weight excluding hydrogens is 399 g/mol. The van der Waals surface area contributed by atoms with Crippen molar-refractivity contribution in [3.05, 3.63) is 40.4 Å². The number of halogens is 2. The highest BCUT2D eigenvalue weighted by Gasteiger charge is 2.15. The lowest BCUT2D eigenvalue weighted by Gasteiger charge is -2.15. The van der Waals surface area contributed by atoms with Gasteiger partial charge in [0, 0.05) is 5.56 Å². The van der Waals surface area contributed by atoms with E-state index >= 15 is 0 Å². The molecule has 2 N–H and O–H groups in total. The number of ether oxygens (including phenoxy) is 1. The van der Waals surface area contributed by atoms with Crippen molar-refractivity contribution < 1.29 is 4.74 Å². The summed E-state index contributed by atoms with van der Waals surface area (Å²) < 4.78 is 7.87. The first-order valence-corrected chi connectivity index (χ1v) is 9.88. The second-order valence-corrected chi connectivity index (χ2v) is 7.64. The van der Waals surface area contributed by atoms with Crippen molar-refractivity contribution in [2.24, 2.45) is 0 Å². The molecule has 7 nitrogen and oxygen atoms in total. The smallest absolute Gasteiger partial charge is 0.165 e. The van der Waals surface area contributed by atoms with E-state index in [2.05, 4.69) is 33.9 Å². The Hall–Kier alpha value is -2.09. The number of hydrogen-bond donors (Lipinski definition) is 1. The molecule has 0 aliphatic heterocycles. The third kappa shape index (κ3) is 4.84. The predicted molar refractivity (Wildman–Crippen MR) is 113 cm³/mol. The van der Waals surface area contributed by atoms with E-state index in [1.54, 1.807) is 12.4 Å². The SMILES string of the molecule is CN(C)CCCCCOc1ccc(Cl)c(Cl)c1Cn1cnc2c(N)ncnc21. The fourth-order valence-electron chi connectivity index (χ4n) is 2.93. The summed E-state index contributed by atoms with van der Waals surface area (Å²) in [6, 6.07) is 3.60. The van der Waals surface area contributed by atoms with Crippen molar-refractivity contribution in [2.75, 3.05) is 33.0 Å². The summed E-state index contributed by atoms with van der Waals surface area (Å²) >= 11 is 12.7. The van der Waals surface area contributed by atoms with Crippen molar-refractivity contribution in [1.29, 1.82) is 0 Å². The zero-order valence-electron chi connectivity index (χ0n) is 16.0. The number of fused-ring (bicyclic) bond motifs is 1. The van der Waals surface area contributed by atoms with Gasteiger partial charge in [-0.2, -0.15) is 0 Å². The van der Waals surface area contributed by atoms with Crippen LogP contribution in [-0.2, 0) is 6.54 Å². The van der Waals surface area contributed by atoms with Gasteiger partial charge in [0.1, 0.15) is 17.6 Å². The quantitative estimate of drug-likeness (QED) is 0.526. The number of nitrogen functional groups attached to an aromatic ring is 1. The normalized spacial score (nSPS) is 11.5. The van der Waals surface area contributed by atoms with Crippen LogP contribution in [0.3, 0.4) is 0 Å². The minimum absolute atomic E-state index is 0.343. The molecule has 2 aromatic heterocycles. The van der Waals surface area contributed by atoms with Gasteiger partial charge in [0.25, 0.3) is 0 Å². The number of benzene rings is 1. The second-order valence-electron chi connectivity index (χ2n) is 6.85. The highest BCUT2D eigenvalue weighted by molar-refractivity contribution is 6.42. The Morgan fingerprint density at radius 2 is 1.93 bits per heavy atom. The number of aromatic nitrogens is 4. The van der Waals surface area contributed by atoms with Crippen molar-refractivity contribution in [1.82, 2.24) is 24.4 Å². The van der Waals surface area contributed by atoms with Gasteiger partial charge in [0.15, 0.2) is 11.5 Å². The molecule has 0 saturated carbocycles. The van der Waals surface area contributed by atoms with Crippen molar-refractivity contribution >= 4 is 40.2 Å². The van der Waals surface area contributed by atoms with E-state index in [9.17, 15) is 0 Å². The Kier molecular flexibility index (Phi) is 6.93. The fraction of sp³-hybridized carbons (Fsp3) is 0.421. The average molecular weight is 423 g/mol. The van der Waals surface area contributed by atoms with Gasteiger partial charge in [-0.05, 0) is 52.0 Å². The summed E-state index contributed by atoms with van der Waals surface area (Å²) in [5, 5.41) is 0.948. The minimum atomic E-state index is 0.343. The van der Waals surface area contributed by atoms with Gasteiger partial charge in [0.05, 0.1) is 29.5 Å². The zero-order chi connectivity index (χ0) is 20.1. The Bertz CT molecular complexity index is 944. The molecule has 3 rings (SSSR count). The molecule has 1 aromatic carbocycles. The van der Waals surface area contributed by atoms with Gasteiger partial charge in [-0.1, -0.05) is 23.2 Å². The van der Waals surface area contributed by atoms with Crippen LogP contribution >= 0.6 is 23.2 Å². The van der Waals surface area contributed by atoms with Gasteiger partial charge >= 0.3 is 0 Å². The first-order valence-electron chi connectivity index (χ1n) is 9.13. The molecule has 28 heavy (non-hydrogen) atoms. The van der Waals surface area contributed by atoms with E-state index in [4.69, 9.17) is 33.7 Å². The number of nitrogens with zero attached hydrogens (tertiary/aromatic N) is 5. The van der Waals surface area contributed by atoms with Crippen molar-refractivity contribution in [3.8, 4) is 5.75 Å². The number of anilines is 1. The molecule has 0 bridgehead atoms. The second kappa shape index (κ2) is 9.41. The molecule has 0 fully saturated rings. The van der Waals surface area contributed by atoms with Crippen LogP contribution in [0.2, 0.25) is 10.0 Å². The molecule has 150 valence electrons. The van der Waals surface area contributed by atoms with Gasteiger partial charge in [-0.25, -0.2) is 15.0 Å². The minimum Gasteiger partial charge on any atom is -0.493 e. The summed E-state index contributed by atoms with van der Waals surface area (Å²) in [5.74, 6) is 1.06. The molecule has 0 spiro atoms. The molecular formula is C19H24Cl2N6O. The average Bonchev–Trinajstić information content (AvgIpc) is 3.07. The topological polar surface area (TPSA) is 82.1 Å². The summed E-state index contributed by atoms with van der Waals surface area (Å²) in [6.07, 6.45) is 6.31. The molecule has 2 heterocycles. The number of imidazole rings is 1. The number of unbranched alkanes of at least 4 members (excludes halogenated alkanes) is 2. The maximum Gasteiger partial charge on any atom is 0.165 e. The van der Waals surface area contributed by atoms with Crippen LogP contribution in [0.15, 0.2) is 24.8 Å². The largest absolute Gasteiger partial charge is 0.493 e. The molecule has 0 aliphatic rings. The third-order valence-corrected chi connectivity index (χ3v) is 5.26. The van der Waals surface area contributed by atoms with Crippen LogP contribution in [0.5, 0.6) is 5.75 Å². The highest BCUT2D eigenvalue weighted by Crippen LogP contribution is 2.34. The highest BCUT2D eigenvalue weighted by atomic mass is 35.5. The van der Waals surface area contributed by atoms with Crippen LogP contribution in [0.4, 0.5) is 5.82 Å². The van der Waals surface area contributed by atoms with E-state index < -0.39 is 0 Å². The van der Waals surface area contributed by atoms with Gasteiger partial charge in [0.2, 0.25) is 0 Å². The Morgan fingerprint density at radius 1 is 1.11 bits per heavy atom. The Morgan fingerprint density at radius 3 is 2.71 bits per heavy atom. The predicted octanol–water partition coefficient (Wildman–Crippen LogP) is 3.87. The Labute approximate surface area is 174 Å². The molecule has 9 heteroatoms. The van der Waals surface area contributed by atoms with E-state index in [1.165, 1.54) is 6.33 Å². The molecule has 0 amide bonds. The summed E-state index contributed by atoms with van der Waals surface area (Å²) in [4.78, 5) is 14.7. The fourth-order valence-corrected chi connectivity index (χ4v) is 3.32. The van der Waals surface area contributed by atoms with Crippen LogP contribution in [0.1, 0.15) is 24.8 Å². The molecule has 0 atom stereocenters. The van der Waals surface area contributed by atoms with Crippen molar-refractivity contribution in [3.63, 3.8) is 0 Å². The maximum absolute atomic E-state index is 6.49. The molecule has 3 aromatic rings. The number of rotatable bonds is 9. The van der Waals surface area contributed by atoms with E-state index in [1.807, 2.05) is 10.6 Å². The summed E-state index contributed by atoms with van der Waals surface area (Å²) in [7, 11) is 4.16. The first-order chi connectivity index (χ1) is 13.5. The van der Waals surface area contributed by atoms with Gasteiger partial charge in [-0.15, -0.1) is 0 Å². The standard InChI is InChI=1S/C19H24Cl2N6O/c1-26(2)8-4-3-5-9-28-15-7-6-14(20)16(21)13(15)10-27-12-25-17-18(22)23-11-24-19(17)27/h6-7,11-12H,3-5,8-10H2,1-2H3,(H2,22,23,24). The summed E-state index contributed by atoms with van der Waals surface area (Å²) in [6.45, 7) is 2.12. The van der Waals surface area contributed by atoms with Crippen LogP contribution in [0, 0.1) is 0 Å². The van der Waals surface area contributed by atoms with Crippen LogP contribution < -0.4 is 10.5 Å². The van der Waals surface area contributed by atoms with E-state index in [0.29, 0.717) is 45.9 Å². The van der Waals surface area contributed by atoms with Gasteiger partial charge < -0.3 is 19.9 Å². The molecule has 0 aliphatic carbocycles. The zero-order valence-corrected chi connectivity index (χ0v) is 17.5. The molecule has 0 radical (unpaired) electrons. The first kappa shape index (κ1) is 20.6. The lowest BCUT2D eigenvalue weighted by Crippen LogP contribution is -2.13. The van der Waals surface area contributed by atoms with Crippen LogP contribution in [0.25, 0.3) is 11.2 Å². The third-order valence-electron chi connectivity index (χ3n) is 4.42. The number of hydrogen-bond acceptors (Lipinski definition) is 6. The monoisotopic (exact) mass is 422 g/mol.